The van der Waals surface area contributed by atoms with Crippen LogP contribution in [-0.4, -0.2) is 11.8 Å². The van der Waals surface area contributed by atoms with Crippen LogP contribution in [0.15, 0.2) is 109 Å². The molecule has 0 bridgehead atoms. The van der Waals surface area contributed by atoms with E-state index in [4.69, 9.17) is 0 Å². The molecule has 0 radical (unpaired) electrons. The van der Waals surface area contributed by atoms with Gasteiger partial charge in [0, 0.05) is 16.9 Å². The summed E-state index contributed by atoms with van der Waals surface area (Å²) in [4.78, 5) is 25.7. The first-order chi connectivity index (χ1) is 15.6. The maximum absolute atomic E-state index is 13.2. The van der Waals surface area contributed by atoms with Crippen molar-refractivity contribution in [3.8, 4) is 0 Å². The van der Waals surface area contributed by atoms with E-state index in [1.165, 1.54) is 0 Å². The molecule has 4 heteroatoms. The highest BCUT2D eigenvalue weighted by Gasteiger charge is 2.22. The third-order valence-electron chi connectivity index (χ3n) is 5.33. The minimum atomic E-state index is -0.419. The molecular formula is C28H24N2O2. The fourth-order valence-electron chi connectivity index (χ4n) is 3.66. The zero-order valence-electron chi connectivity index (χ0n) is 17.8. The van der Waals surface area contributed by atoms with E-state index < -0.39 is 5.92 Å². The van der Waals surface area contributed by atoms with E-state index in [0.717, 1.165) is 16.7 Å². The third kappa shape index (κ3) is 4.93. The second-order valence-electron chi connectivity index (χ2n) is 7.59. The summed E-state index contributed by atoms with van der Waals surface area (Å²) in [6.45, 7) is 1.91. The lowest BCUT2D eigenvalue weighted by Crippen LogP contribution is -2.22. The van der Waals surface area contributed by atoms with Crippen molar-refractivity contribution in [3.63, 3.8) is 0 Å². The van der Waals surface area contributed by atoms with Crippen LogP contribution in [0.4, 0.5) is 11.4 Å². The van der Waals surface area contributed by atoms with E-state index >= 15 is 0 Å². The van der Waals surface area contributed by atoms with Gasteiger partial charge < -0.3 is 10.6 Å². The second kappa shape index (κ2) is 9.75. The highest BCUT2D eigenvalue weighted by Crippen LogP contribution is 2.26. The van der Waals surface area contributed by atoms with Crippen molar-refractivity contribution < 1.29 is 9.59 Å². The van der Waals surface area contributed by atoms with Gasteiger partial charge in [-0.05, 0) is 53.9 Å². The molecule has 4 aromatic carbocycles. The topological polar surface area (TPSA) is 58.2 Å². The molecule has 158 valence electrons. The van der Waals surface area contributed by atoms with E-state index in [1.54, 1.807) is 30.3 Å². The quantitative estimate of drug-likeness (QED) is 0.401. The number of amides is 2. The summed E-state index contributed by atoms with van der Waals surface area (Å²) >= 11 is 0. The molecule has 0 aliphatic rings. The summed E-state index contributed by atoms with van der Waals surface area (Å²) in [5.41, 5.74) is 4.75. The molecule has 2 N–H and O–H groups in total. The molecule has 0 aromatic heterocycles. The van der Waals surface area contributed by atoms with Gasteiger partial charge in [0.15, 0.2) is 0 Å². The lowest BCUT2D eigenvalue weighted by molar-refractivity contribution is -0.116. The first-order valence-electron chi connectivity index (χ1n) is 10.5. The molecule has 0 heterocycles. The van der Waals surface area contributed by atoms with Gasteiger partial charge in [-0.3, -0.25) is 9.59 Å². The first kappa shape index (κ1) is 21.1. The van der Waals surface area contributed by atoms with Gasteiger partial charge in [0.1, 0.15) is 0 Å². The summed E-state index contributed by atoms with van der Waals surface area (Å²) in [5.74, 6) is -0.690. The van der Waals surface area contributed by atoms with Crippen LogP contribution in [-0.2, 0) is 4.79 Å². The molecule has 0 aliphatic heterocycles. The maximum Gasteiger partial charge on any atom is 0.255 e. The number of rotatable bonds is 6. The summed E-state index contributed by atoms with van der Waals surface area (Å²) < 4.78 is 0. The van der Waals surface area contributed by atoms with Crippen molar-refractivity contribution >= 4 is 23.2 Å². The van der Waals surface area contributed by atoms with Gasteiger partial charge in [-0.2, -0.15) is 0 Å². The Kier molecular flexibility index (Phi) is 6.42. The van der Waals surface area contributed by atoms with E-state index in [1.807, 2.05) is 85.8 Å². The molecule has 0 aliphatic carbocycles. The van der Waals surface area contributed by atoms with Gasteiger partial charge >= 0.3 is 0 Å². The minimum Gasteiger partial charge on any atom is -0.325 e. The Morgan fingerprint density at radius 3 is 1.59 bits per heavy atom. The average molecular weight is 421 g/mol. The number of benzene rings is 4. The average Bonchev–Trinajstić information content (AvgIpc) is 2.82. The Bertz CT molecular complexity index is 1160. The monoisotopic (exact) mass is 420 g/mol. The van der Waals surface area contributed by atoms with Crippen LogP contribution in [0.5, 0.6) is 0 Å². The normalized spacial score (nSPS) is 10.6. The molecule has 0 saturated heterocycles. The van der Waals surface area contributed by atoms with E-state index in [2.05, 4.69) is 10.6 Å². The number of carbonyl (C=O) groups excluding carboxylic acids is 2. The van der Waals surface area contributed by atoms with Gasteiger partial charge in [-0.15, -0.1) is 0 Å². The Balaban J connectivity index is 1.49. The second-order valence-corrected chi connectivity index (χ2v) is 7.59. The maximum atomic E-state index is 13.2. The zero-order valence-corrected chi connectivity index (χ0v) is 17.8. The van der Waals surface area contributed by atoms with Crippen LogP contribution in [0.1, 0.15) is 33.0 Å². The molecule has 4 aromatic rings. The highest BCUT2D eigenvalue weighted by molar-refractivity contribution is 6.05. The van der Waals surface area contributed by atoms with Crippen molar-refractivity contribution in [1.29, 1.82) is 0 Å². The molecule has 0 spiro atoms. The summed E-state index contributed by atoms with van der Waals surface area (Å²) in [6, 6.07) is 34.1. The van der Waals surface area contributed by atoms with Crippen molar-refractivity contribution in [2.24, 2.45) is 0 Å². The van der Waals surface area contributed by atoms with Gasteiger partial charge in [0.25, 0.3) is 5.91 Å². The van der Waals surface area contributed by atoms with Crippen LogP contribution >= 0.6 is 0 Å². The highest BCUT2D eigenvalue weighted by atomic mass is 16.2. The summed E-state index contributed by atoms with van der Waals surface area (Å²) in [6.07, 6.45) is 0. The standard InChI is InChI=1S/C28H24N2O2/c1-20-10-8-9-15-25(20)27(31)29-23-16-18-24(19-17-23)30-28(32)26(21-11-4-2-5-12-21)22-13-6-3-7-14-22/h2-19,26H,1H3,(H,29,31)(H,30,32). The molecular weight excluding hydrogens is 396 g/mol. The van der Waals surface area contributed by atoms with Crippen LogP contribution in [0.25, 0.3) is 0 Å². The fraction of sp³-hybridized carbons (Fsp3) is 0.0714. The molecule has 2 amide bonds. The SMILES string of the molecule is Cc1ccccc1C(=O)Nc1ccc(NC(=O)C(c2ccccc2)c2ccccc2)cc1. The van der Waals surface area contributed by atoms with Gasteiger partial charge in [0.2, 0.25) is 5.91 Å². The predicted octanol–water partition coefficient (Wildman–Crippen LogP) is 6.02. The summed E-state index contributed by atoms with van der Waals surface area (Å²) in [7, 11) is 0. The van der Waals surface area contributed by atoms with Crippen LogP contribution in [0.3, 0.4) is 0 Å². The molecule has 0 saturated carbocycles. The van der Waals surface area contributed by atoms with E-state index in [-0.39, 0.29) is 11.8 Å². The number of carbonyl (C=O) groups is 2. The van der Waals surface area contributed by atoms with Crippen molar-refractivity contribution in [1.82, 2.24) is 0 Å². The largest absolute Gasteiger partial charge is 0.325 e. The molecule has 0 unspecified atom stereocenters. The molecule has 0 atom stereocenters. The summed E-state index contributed by atoms with van der Waals surface area (Å²) in [5, 5.41) is 5.91. The van der Waals surface area contributed by atoms with Gasteiger partial charge in [-0.1, -0.05) is 78.9 Å². The minimum absolute atomic E-state index is 0.112. The Morgan fingerprint density at radius 2 is 1.06 bits per heavy atom. The van der Waals surface area contributed by atoms with Crippen LogP contribution in [0, 0.1) is 6.92 Å². The Hall–Kier alpha value is -4.18. The lowest BCUT2D eigenvalue weighted by atomic mass is 9.90. The Morgan fingerprint density at radius 1 is 0.594 bits per heavy atom. The zero-order chi connectivity index (χ0) is 22.3. The first-order valence-corrected chi connectivity index (χ1v) is 10.5. The molecule has 4 rings (SSSR count). The number of aryl methyl sites for hydroxylation is 1. The van der Waals surface area contributed by atoms with E-state index in [9.17, 15) is 9.59 Å². The number of nitrogens with one attached hydrogen (secondary N) is 2. The third-order valence-corrected chi connectivity index (χ3v) is 5.33. The number of anilines is 2. The van der Waals surface area contributed by atoms with Gasteiger partial charge in [0.05, 0.1) is 5.92 Å². The smallest absolute Gasteiger partial charge is 0.255 e. The molecule has 0 fully saturated rings. The van der Waals surface area contributed by atoms with Crippen molar-refractivity contribution in [2.45, 2.75) is 12.8 Å². The lowest BCUT2D eigenvalue weighted by Gasteiger charge is -2.18. The predicted molar refractivity (Wildman–Crippen MR) is 129 cm³/mol. The van der Waals surface area contributed by atoms with Crippen molar-refractivity contribution in [2.75, 3.05) is 10.6 Å². The Labute approximate surface area is 187 Å². The fourth-order valence-corrected chi connectivity index (χ4v) is 3.66. The van der Waals surface area contributed by atoms with Crippen molar-refractivity contribution in [3.05, 3.63) is 131 Å². The molecule has 4 nitrogen and oxygen atoms in total. The number of hydrogen-bond donors (Lipinski definition) is 2. The van der Waals surface area contributed by atoms with Crippen LogP contribution < -0.4 is 10.6 Å². The molecule has 32 heavy (non-hydrogen) atoms. The van der Waals surface area contributed by atoms with Crippen LogP contribution in [0.2, 0.25) is 0 Å². The van der Waals surface area contributed by atoms with E-state index in [0.29, 0.717) is 16.9 Å². The van der Waals surface area contributed by atoms with Gasteiger partial charge in [-0.25, -0.2) is 0 Å². The number of hydrogen-bond acceptors (Lipinski definition) is 2.